The SMILES string of the molecule is c1ccc2c(c1)Cc1c-2c2oc2c2oc12. The van der Waals surface area contributed by atoms with Crippen LogP contribution in [0.1, 0.15) is 11.1 Å². The second-order valence-corrected chi connectivity index (χ2v) is 4.21. The molecule has 0 N–H and O–H groups in total. The monoisotopic (exact) mass is 194 g/mol. The van der Waals surface area contributed by atoms with E-state index in [2.05, 4.69) is 24.3 Å². The van der Waals surface area contributed by atoms with Gasteiger partial charge in [0, 0.05) is 17.5 Å². The van der Waals surface area contributed by atoms with Gasteiger partial charge in [-0.2, -0.15) is 0 Å². The maximum Gasteiger partial charge on any atom is 0.217 e. The molecule has 0 amide bonds. The fourth-order valence-electron chi connectivity index (χ4n) is 2.63. The number of fused-ring (bicyclic) bond motifs is 8. The van der Waals surface area contributed by atoms with Crippen LogP contribution in [0.5, 0.6) is 0 Å². The lowest BCUT2D eigenvalue weighted by Gasteiger charge is -1.95. The van der Waals surface area contributed by atoms with Gasteiger partial charge in [-0.05, 0) is 11.1 Å². The van der Waals surface area contributed by atoms with Gasteiger partial charge in [0.2, 0.25) is 11.2 Å². The minimum Gasteiger partial charge on any atom is -0.445 e. The van der Waals surface area contributed by atoms with Crippen molar-refractivity contribution < 1.29 is 8.83 Å². The van der Waals surface area contributed by atoms with Gasteiger partial charge in [-0.3, -0.25) is 0 Å². The van der Waals surface area contributed by atoms with Crippen molar-refractivity contribution in [1.82, 2.24) is 0 Å². The zero-order chi connectivity index (χ0) is 9.57. The van der Waals surface area contributed by atoms with E-state index in [0.29, 0.717) is 0 Å². The molecule has 2 heteroatoms. The molecular weight excluding hydrogens is 188 g/mol. The zero-order valence-corrected chi connectivity index (χ0v) is 7.83. The predicted octanol–water partition coefficient (Wildman–Crippen LogP) is 3.63. The van der Waals surface area contributed by atoms with Crippen LogP contribution in [0.2, 0.25) is 0 Å². The number of benzene rings is 2. The molecule has 0 spiro atoms. The molecule has 2 aromatic heterocycles. The third-order valence-electron chi connectivity index (χ3n) is 3.40. The van der Waals surface area contributed by atoms with Crippen LogP contribution in [-0.2, 0) is 6.42 Å². The van der Waals surface area contributed by atoms with E-state index in [1.165, 1.54) is 22.3 Å². The van der Waals surface area contributed by atoms with E-state index in [1.807, 2.05) is 0 Å². The second kappa shape index (κ2) is 1.74. The van der Waals surface area contributed by atoms with Gasteiger partial charge >= 0.3 is 0 Å². The van der Waals surface area contributed by atoms with Gasteiger partial charge in [0.05, 0.1) is 0 Å². The number of rotatable bonds is 0. The summed E-state index contributed by atoms with van der Waals surface area (Å²) >= 11 is 0. The molecule has 0 radical (unpaired) electrons. The molecule has 2 heterocycles. The second-order valence-electron chi connectivity index (χ2n) is 4.21. The summed E-state index contributed by atoms with van der Waals surface area (Å²) < 4.78 is 11.0. The Morgan fingerprint density at radius 2 is 1.67 bits per heavy atom. The fourth-order valence-corrected chi connectivity index (χ4v) is 2.63. The minimum absolute atomic E-state index is 0.973. The first-order valence-electron chi connectivity index (χ1n) is 5.10. The van der Waals surface area contributed by atoms with Crippen LogP contribution in [-0.4, -0.2) is 0 Å². The van der Waals surface area contributed by atoms with Gasteiger partial charge in [-0.25, -0.2) is 0 Å². The van der Waals surface area contributed by atoms with Crippen LogP contribution >= 0.6 is 0 Å². The third kappa shape index (κ3) is 0.598. The summed E-state index contributed by atoms with van der Waals surface area (Å²) in [5.74, 6) is 0. The summed E-state index contributed by atoms with van der Waals surface area (Å²) in [7, 11) is 0. The molecule has 2 aromatic carbocycles. The summed E-state index contributed by atoms with van der Waals surface area (Å²) in [4.78, 5) is 0. The van der Waals surface area contributed by atoms with E-state index < -0.39 is 0 Å². The summed E-state index contributed by atoms with van der Waals surface area (Å²) in [6.45, 7) is 0. The quantitative estimate of drug-likeness (QED) is 0.376. The Hall–Kier alpha value is -1.96. The normalized spacial score (nSPS) is 14.4. The fraction of sp³-hybridized carbons (Fsp3) is 0.0769. The average molecular weight is 194 g/mol. The smallest absolute Gasteiger partial charge is 0.217 e. The van der Waals surface area contributed by atoms with Crippen LogP contribution in [0.4, 0.5) is 0 Å². The van der Waals surface area contributed by atoms with Gasteiger partial charge < -0.3 is 8.83 Å². The lowest BCUT2D eigenvalue weighted by molar-refractivity contribution is 0.729. The van der Waals surface area contributed by atoms with Crippen LogP contribution in [0.3, 0.4) is 0 Å². The highest BCUT2D eigenvalue weighted by atomic mass is 16.4. The molecule has 5 rings (SSSR count). The highest BCUT2D eigenvalue weighted by Gasteiger charge is 2.35. The van der Waals surface area contributed by atoms with Gasteiger partial charge in [0.1, 0.15) is 0 Å². The Kier molecular flexibility index (Phi) is 0.755. The van der Waals surface area contributed by atoms with Gasteiger partial charge in [0.15, 0.2) is 11.2 Å². The highest BCUT2D eigenvalue weighted by Crippen LogP contribution is 2.53. The van der Waals surface area contributed by atoms with E-state index in [-0.39, 0.29) is 0 Å². The summed E-state index contributed by atoms with van der Waals surface area (Å²) in [6, 6.07) is 8.51. The molecule has 0 atom stereocenters. The van der Waals surface area contributed by atoms with E-state index in [1.54, 1.807) is 0 Å². The van der Waals surface area contributed by atoms with E-state index in [9.17, 15) is 0 Å². The summed E-state index contributed by atoms with van der Waals surface area (Å²) in [6.07, 6.45) is 0.991. The molecule has 1 aliphatic carbocycles. The van der Waals surface area contributed by atoms with Gasteiger partial charge in [-0.1, -0.05) is 24.3 Å². The van der Waals surface area contributed by atoms with Crippen molar-refractivity contribution in [2.75, 3.05) is 0 Å². The Labute approximate surface area is 84.8 Å². The van der Waals surface area contributed by atoms with Crippen molar-refractivity contribution in [1.29, 1.82) is 0 Å². The van der Waals surface area contributed by atoms with Gasteiger partial charge in [0.25, 0.3) is 0 Å². The van der Waals surface area contributed by atoms with Crippen molar-refractivity contribution >= 4 is 22.3 Å². The molecular formula is C13H6O2. The topological polar surface area (TPSA) is 26.3 Å². The molecule has 4 aromatic rings. The van der Waals surface area contributed by atoms with Crippen LogP contribution in [0, 0.1) is 0 Å². The zero-order valence-electron chi connectivity index (χ0n) is 7.83. The molecule has 0 fully saturated rings. The molecule has 0 saturated carbocycles. The van der Waals surface area contributed by atoms with Crippen LogP contribution in [0.15, 0.2) is 33.1 Å². The maximum atomic E-state index is 5.50. The maximum absolute atomic E-state index is 5.50. The van der Waals surface area contributed by atoms with E-state index in [0.717, 1.165) is 28.8 Å². The summed E-state index contributed by atoms with van der Waals surface area (Å²) in [5, 5.41) is 0. The lowest BCUT2D eigenvalue weighted by Crippen LogP contribution is -1.76. The predicted molar refractivity (Wildman–Crippen MR) is 56.6 cm³/mol. The van der Waals surface area contributed by atoms with Crippen LogP contribution < -0.4 is 0 Å². The summed E-state index contributed by atoms with van der Waals surface area (Å²) in [5.41, 5.74) is 9.37. The number of hydrogen-bond donors (Lipinski definition) is 0. The van der Waals surface area contributed by atoms with Crippen molar-refractivity contribution in [3.05, 3.63) is 35.4 Å². The first-order valence-corrected chi connectivity index (χ1v) is 5.10. The Balaban J connectivity index is 2.03. The molecule has 2 nitrogen and oxygen atoms in total. The Morgan fingerprint density at radius 3 is 2.67 bits per heavy atom. The van der Waals surface area contributed by atoms with E-state index in [4.69, 9.17) is 8.83 Å². The first kappa shape index (κ1) is 6.51. The number of hydrogen-bond acceptors (Lipinski definition) is 2. The van der Waals surface area contributed by atoms with Crippen molar-refractivity contribution in [3.63, 3.8) is 0 Å². The standard InChI is InChI=1S/C13H6O2/c1-2-4-7-6(3-1)5-8-9(7)11-13(15-11)12-10(8)14-12/h1-4H,5H2. The first-order chi connectivity index (χ1) is 7.43. The van der Waals surface area contributed by atoms with Crippen molar-refractivity contribution in [2.24, 2.45) is 0 Å². The third-order valence-corrected chi connectivity index (χ3v) is 3.40. The highest BCUT2D eigenvalue weighted by molar-refractivity contribution is 6.16. The van der Waals surface area contributed by atoms with Crippen molar-refractivity contribution in [3.8, 4) is 11.1 Å². The molecule has 0 saturated heterocycles. The molecule has 1 aliphatic rings. The minimum atomic E-state index is 0.973. The van der Waals surface area contributed by atoms with Crippen LogP contribution in [0.25, 0.3) is 33.5 Å². The molecule has 70 valence electrons. The van der Waals surface area contributed by atoms with Crippen molar-refractivity contribution in [2.45, 2.75) is 6.42 Å². The lowest BCUT2D eigenvalue weighted by atomic mass is 10.1. The molecule has 0 aliphatic heterocycles. The van der Waals surface area contributed by atoms with E-state index >= 15 is 0 Å². The molecule has 0 bridgehead atoms. The van der Waals surface area contributed by atoms with Gasteiger partial charge in [-0.15, -0.1) is 0 Å². The Morgan fingerprint density at radius 1 is 0.867 bits per heavy atom. The largest absolute Gasteiger partial charge is 0.445 e. The Bertz CT molecular complexity index is 787. The molecule has 15 heavy (non-hydrogen) atoms. The molecule has 0 unspecified atom stereocenters. The average Bonchev–Trinajstić information content (AvgIpc) is 3.12.